The van der Waals surface area contributed by atoms with E-state index >= 15 is 0 Å². The number of aliphatic hydroxyl groups excluding tert-OH is 1. The van der Waals surface area contributed by atoms with Crippen molar-refractivity contribution < 1.29 is 9.90 Å². The van der Waals surface area contributed by atoms with Gasteiger partial charge in [-0.25, -0.2) is 0 Å². The van der Waals surface area contributed by atoms with E-state index in [0.29, 0.717) is 18.2 Å². The Morgan fingerprint density at radius 2 is 2.32 bits per heavy atom. The van der Waals surface area contributed by atoms with Crippen LogP contribution in [0.3, 0.4) is 0 Å². The minimum atomic E-state index is -0.268. The summed E-state index contributed by atoms with van der Waals surface area (Å²) in [6, 6.07) is 1.84. The second kappa shape index (κ2) is 5.74. The van der Waals surface area contributed by atoms with E-state index in [1.165, 1.54) is 0 Å². The Hall–Kier alpha value is -1.36. The average Bonchev–Trinajstić information content (AvgIpc) is 2.92. The van der Waals surface area contributed by atoms with Crippen molar-refractivity contribution in [3.8, 4) is 0 Å². The van der Waals surface area contributed by atoms with Crippen molar-refractivity contribution in [1.29, 1.82) is 0 Å². The first kappa shape index (κ1) is 14.1. The Balaban J connectivity index is 1.94. The van der Waals surface area contributed by atoms with Crippen LogP contribution in [0.25, 0.3) is 0 Å². The first-order chi connectivity index (χ1) is 8.99. The number of hydrogen-bond acceptors (Lipinski definition) is 3. The van der Waals surface area contributed by atoms with Crippen LogP contribution in [0.1, 0.15) is 55.2 Å². The molecule has 2 atom stereocenters. The summed E-state index contributed by atoms with van der Waals surface area (Å²) in [5.41, 5.74) is 1.50. The molecule has 1 aliphatic carbocycles. The molecule has 0 aromatic carbocycles. The van der Waals surface area contributed by atoms with Gasteiger partial charge in [-0.2, -0.15) is 5.10 Å². The van der Waals surface area contributed by atoms with E-state index in [4.69, 9.17) is 0 Å². The zero-order chi connectivity index (χ0) is 14.0. The molecule has 2 N–H and O–H groups in total. The molecule has 1 aliphatic rings. The van der Waals surface area contributed by atoms with Crippen LogP contribution in [0.5, 0.6) is 0 Å². The molecule has 1 fully saturated rings. The lowest BCUT2D eigenvalue weighted by Crippen LogP contribution is -2.32. The average molecular weight is 265 g/mol. The number of nitrogens with zero attached hydrogens (tertiary/aromatic N) is 2. The number of aliphatic hydroxyl groups is 1. The van der Waals surface area contributed by atoms with Gasteiger partial charge in [0, 0.05) is 25.2 Å². The molecule has 19 heavy (non-hydrogen) atoms. The van der Waals surface area contributed by atoms with Crippen molar-refractivity contribution in [2.24, 2.45) is 13.0 Å². The molecule has 1 amide bonds. The molecule has 0 radical (unpaired) electrons. The highest BCUT2D eigenvalue weighted by Gasteiger charge is 2.26. The Morgan fingerprint density at radius 3 is 2.84 bits per heavy atom. The van der Waals surface area contributed by atoms with Crippen LogP contribution in [-0.4, -0.2) is 33.4 Å². The molecule has 0 spiro atoms. The van der Waals surface area contributed by atoms with Crippen LogP contribution >= 0.6 is 0 Å². The maximum Gasteiger partial charge on any atom is 0.271 e. The third kappa shape index (κ3) is 3.15. The summed E-state index contributed by atoms with van der Waals surface area (Å²) in [7, 11) is 1.85. The number of aromatic nitrogens is 2. The van der Waals surface area contributed by atoms with Crippen LogP contribution in [0, 0.1) is 5.92 Å². The summed E-state index contributed by atoms with van der Waals surface area (Å²) >= 11 is 0. The van der Waals surface area contributed by atoms with Crippen molar-refractivity contribution in [2.45, 2.75) is 45.1 Å². The van der Waals surface area contributed by atoms with Crippen LogP contribution in [0.15, 0.2) is 6.07 Å². The van der Waals surface area contributed by atoms with Crippen molar-refractivity contribution in [3.05, 3.63) is 17.5 Å². The summed E-state index contributed by atoms with van der Waals surface area (Å²) in [6.45, 7) is 4.69. The lowest BCUT2D eigenvalue weighted by molar-refractivity contribution is 0.0911. The molecule has 2 rings (SSSR count). The van der Waals surface area contributed by atoms with E-state index in [9.17, 15) is 9.90 Å². The van der Waals surface area contributed by atoms with Crippen molar-refractivity contribution in [3.63, 3.8) is 0 Å². The third-order valence-corrected chi connectivity index (χ3v) is 3.88. The van der Waals surface area contributed by atoms with E-state index in [2.05, 4.69) is 24.3 Å². The predicted molar refractivity (Wildman–Crippen MR) is 73.0 cm³/mol. The van der Waals surface area contributed by atoms with Gasteiger partial charge in [-0.15, -0.1) is 0 Å². The van der Waals surface area contributed by atoms with Crippen molar-refractivity contribution in [2.75, 3.05) is 6.54 Å². The third-order valence-electron chi connectivity index (χ3n) is 3.88. The highest BCUT2D eigenvalue weighted by molar-refractivity contribution is 5.92. The fraction of sp³-hybridized carbons (Fsp3) is 0.714. The van der Waals surface area contributed by atoms with E-state index in [0.717, 1.165) is 25.0 Å². The van der Waals surface area contributed by atoms with Crippen LogP contribution in [0.4, 0.5) is 0 Å². The maximum atomic E-state index is 12.0. The van der Waals surface area contributed by atoms with Gasteiger partial charge < -0.3 is 10.4 Å². The zero-order valence-corrected chi connectivity index (χ0v) is 11.9. The monoisotopic (exact) mass is 265 g/mol. The molecule has 1 aromatic rings. The minimum absolute atomic E-state index is 0.151. The summed E-state index contributed by atoms with van der Waals surface area (Å²) in [5, 5.41) is 16.8. The first-order valence-electron chi connectivity index (χ1n) is 6.99. The standard InChI is InChI=1S/C14H23N3O2/c1-9(2)12-7-11(16-17(12)3)14(19)15-8-10-5-4-6-13(10)18/h7,9-10,13,18H,4-6,8H2,1-3H3,(H,15,19). The fourth-order valence-electron chi connectivity index (χ4n) is 2.70. The first-order valence-corrected chi connectivity index (χ1v) is 6.99. The van der Waals surface area contributed by atoms with Gasteiger partial charge in [0.15, 0.2) is 0 Å². The Bertz CT molecular complexity index is 454. The lowest BCUT2D eigenvalue weighted by Gasteiger charge is -2.14. The van der Waals surface area contributed by atoms with E-state index in [-0.39, 0.29) is 17.9 Å². The summed E-state index contributed by atoms with van der Waals surface area (Å²) in [6.07, 6.45) is 2.61. The topological polar surface area (TPSA) is 67.2 Å². The smallest absolute Gasteiger partial charge is 0.271 e. The summed E-state index contributed by atoms with van der Waals surface area (Å²) in [4.78, 5) is 12.0. The van der Waals surface area contributed by atoms with Crippen molar-refractivity contribution >= 4 is 5.91 Å². The zero-order valence-electron chi connectivity index (χ0n) is 11.9. The number of nitrogens with one attached hydrogen (secondary N) is 1. The van der Waals surface area contributed by atoms with Crippen LogP contribution in [-0.2, 0) is 7.05 Å². The SMILES string of the molecule is CC(C)c1cc(C(=O)NCC2CCCC2O)nn1C. The van der Waals surface area contributed by atoms with Gasteiger partial charge in [-0.05, 0) is 24.8 Å². The molecule has 0 aliphatic heterocycles. The maximum absolute atomic E-state index is 12.0. The van der Waals surface area contributed by atoms with Gasteiger partial charge in [-0.1, -0.05) is 20.3 Å². The Labute approximate surface area is 114 Å². The number of carbonyl (C=O) groups excluding carboxylic acids is 1. The number of amides is 1. The molecular weight excluding hydrogens is 242 g/mol. The highest BCUT2D eigenvalue weighted by atomic mass is 16.3. The quantitative estimate of drug-likeness (QED) is 0.865. The summed E-state index contributed by atoms with van der Waals surface area (Å²) < 4.78 is 1.75. The van der Waals surface area contributed by atoms with E-state index in [1.807, 2.05) is 13.1 Å². The highest BCUT2D eigenvalue weighted by Crippen LogP contribution is 2.24. The van der Waals surface area contributed by atoms with Gasteiger partial charge in [0.2, 0.25) is 0 Å². The van der Waals surface area contributed by atoms with Crippen LogP contribution < -0.4 is 5.32 Å². The van der Waals surface area contributed by atoms with Gasteiger partial charge in [-0.3, -0.25) is 9.48 Å². The normalized spacial score (nSPS) is 23.0. The molecule has 106 valence electrons. The number of carbonyl (C=O) groups is 1. The number of rotatable bonds is 4. The molecule has 5 heteroatoms. The molecule has 1 heterocycles. The number of hydrogen-bond donors (Lipinski definition) is 2. The second-order valence-corrected chi connectivity index (χ2v) is 5.70. The molecule has 0 bridgehead atoms. The van der Waals surface area contributed by atoms with Gasteiger partial charge in [0.05, 0.1) is 6.10 Å². The lowest BCUT2D eigenvalue weighted by atomic mass is 10.1. The molecule has 1 saturated carbocycles. The molecule has 0 saturated heterocycles. The molecule has 1 aromatic heterocycles. The van der Waals surface area contributed by atoms with Gasteiger partial charge in [0.25, 0.3) is 5.91 Å². The van der Waals surface area contributed by atoms with Gasteiger partial charge in [0.1, 0.15) is 5.69 Å². The predicted octanol–water partition coefficient (Wildman–Crippen LogP) is 1.43. The number of aryl methyl sites for hydroxylation is 1. The van der Waals surface area contributed by atoms with Crippen LogP contribution in [0.2, 0.25) is 0 Å². The summed E-state index contributed by atoms with van der Waals surface area (Å²) in [5.74, 6) is 0.384. The fourth-order valence-corrected chi connectivity index (χ4v) is 2.70. The molecule has 2 unspecified atom stereocenters. The van der Waals surface area contributed by atoms with E-state index < -0.39 is 0 Å². The largest absolute Gasteiger partial charge is 0.393 e. The molecule has 5 nitrogen and oxygen atoms in total. The Kier molecular flexibility index (Phi) is 4.24. The van der Waals surface area contributed by atoms with Crippen molar-refractivity contribution in [1.82, 2.24) is 15.1 Å². The second-order valence-electron chi connectivity index (χ2n) is 5.70. The van der Waals surface area contributed by atoms with Gasteiger partial charge >= 0.3 is 0 Å². The molecular formula is C14H23N3O2. The Morgan fingerprint density at radius 1 is 1.58 bits per heavy atom. The minimum Gasteiger partial charge on any atom is -0.393 e. The van der Waals surface area contributed by atoms with E-state index in [1.54, 1.807) is 4.68 Å².